The fourth-order valence-corrected chi connectivity index (χ4v) is 2.23. The minimum atomic E-state index is -0.693. The van der Waals surface area contributed by atoms with Crippen LogP contribution in [0.5, 0.6) is 0 Å². The van der Waals surface area contributed by atoms with Crippen LogP contribution in [0.15, 0.2) is 36.4 Å². The topological polar surface area (TPSA) is 32.9 Å². The maximum Gasteiger partial charge on any atom is 0.152 e. The molecule has 0 fully saturated rings. The van der Waals surface area contributed by atoms with Crippen molar-refractivity contribution in [3.8, 4) is 11.3 Å². The molecule has 100 valence electrons. The van der Waals surface area contributed by atoms with Crippen molar-refractivity contribution in [1.82, 2.24) is 4.98 Å². The molecule has 0 atom stereocenters. The minimum Gasteiger partial charge on any atom is -0.351 e. The molecule has 0 radical (unpaired) electrons. The quantitative estimate of drug-likeness (QED) is 0.703. The van der Waals surface area contributed by atoms with Gasteiger partial charge >= 0.3 is 0 Å². The number of aldehydes is 1. The summed E-state index contributed by atoms with van der Waals surface area (Å²) in [5.41, 5.74) is 0.150. The van der Waals surface area contributed by atoms with Crippen molar-refractivity contribution in [3.05, 3.63) is 59.4 Å². The Kier molecular flexibility index (Phi) is 2.82. The van der Waals surface area contributed by atoms with Gasteiger partial charge in [-0.15, -0.1) is 0 Å². The number of nitrogens with one attached hydrogen (secondary N) is 1. The van der Waals surface area contributed by atoms with Crippen LogP contribution in [0, 0.1) is 17.5 Å². The molecule has 0 amide bonds. The molecule has 0 saturated carbocycles. The maximum atomic E-state index is 13.8. The Morgan fingerprint density at radius 3 is 2.55 bits per heavy atom. The second-order valence-corrected chi connectivity index (χ2v) is 4.32. The minimum absolute atomic E-state index is 0.0668. The van der Waals surface area contributed by atoms with E-state index >= 15 is 0 Å². The number of aromatic nitrogens is 1. The third kappa shape index (κ3) is 1.79. The Hall–Kier alpha value is -2.56. The third-order valence-corrected chi connectivity index (χ3v) is 3.14. The summed E-state index contributed by atoms with van der Waals surface area (Å²) in [6, 6.07) is 7.11. The average Bonchev–Trinajstić information content (AvgIpc) is 2.81. The fraction of sp³-hybridized carbons (Fsp3) is 0. The summed E-state index contributed by atoms with van der Waals surface area (Å²) in [6.45, 7) is 0. The van der Waals surface area contributed by atoms with Gasteiger partial charge in [0.05, 0.1) is 11.2 Å². The van der Waals surface area contributed by atoms with Crippen LogP contribution >= 0.6 is 0 Å². The summed E-state index contributed by atoms with van der Waals surface area (Å²) in [4.78, 5) is 13.9. The lowest BCUT2D eigenvalue weighted by atomic mass is 10.1. The lowest BCUT2D eigenvalue weighted by molar-refractivity contribution is 0.112. The van der Waals surface area contributed by atoms with Crippen molar-refractivity contribution in [2.24, 2.45) is 0 Å². The molecule has 2 nitrogen and oxygen atoms in total. The van der Waals surface area contributed by atoms with Crippen molar-refractivity contribution >= 4 is 17.2 Å². The van der Waals surface area contributed by atoms with Gasteiger partial charge in [0.25, 0.3) is 0 Å². The summed E-state index contributed by atoms with van der Waals surface area (Å²) in [6.07, 6.45) is 0.498. The van der Waals surface area contributed by atoms with Gasteiger partial charge in [0.1, 0.15) is 17.5 Å². The van der Waals surface area contributed by atoms with Crippen LogP contribution in [0.3, 0.4) is 0 Å². The summed E-state index contributed by atoms with van der Waals surface area (Å²) in [5.74, 6) is -1.90. The number of carbonyl (C=O) groups is 1. The fourth-order valence-electron chi connectivity index (χ4n) is 2.23. The highest BCUT2D eigenvalue weighted by Crippen LogP contribution is 2.32. The lowest BCUT2D eigenvalue weighted by Crippen LogP contribution is -1.90. The number of carbonyl (C=O) groups excluding carboxylic acids is 1. The van der Waals surface area contributed by atoms with Crippen LogP contribution in [-0.4, -0.2) is 11.3 Å². The third-order valence-electron chi connectivity index (χ3n) is 3.14. The summed E-state index contributed by atoms with van der Waals surface area (Å²) in [5, 5.41) is 0.332. The van der Waals surface area contributed by atoms with Gasteiger partial charge in [-0.1, -0.05) is 12.1 Å². The molecule has 1 aromatic heterocycles. The molecule has 0 spiro atoms. The summed E-state index contributed by atoms with van der Waals surface area (Å²) >= 11 is 0. The average molecular weight is 275 g/mol. The van der Waals surface area contributed by atoms with Crippen molar-refractivity contribution < 1.29 is 18.0 Å². The second kappa shape index (κ2) is 4.52. The molecule has 0 saturated heterocycles. The number of benzene rings is 2. The summed E-state index contributed by atoms with van der Waals surface area (Å²) < 4.78 is 40.8. The predicted molar refractivity (Wildman–Crippen MR) is 69.0 cm³/mol. The number of aromatic amines is 1. The molecule has 1 heterocycles. The molecule has 3 aromatic rings. The van der Waals surface area contributed by atoms with E-state index in [0.717, 1.165) is 18.2 Å². The van der Waals surface area contributed by atoms with Crippen LogP contribution in [-0.2, 0) is 0 Å². The first kappa shape index (κ1) is 12.5. The van der Waals surface area contributed by atoms with E-state index in [1.807, 2.05) is 0 Å². The van der Waals surface area contributed by atoms with Crippen molar-refractivity contribution in [2.45, 2.75) is 0 Å². The van der Waals surface area contributed by atoms with Gasteiger partial charge in [0.15, 0.2) is 6.29 Å². The highest BCUT2D eigenvalue weighted by molar-refractivity contribution is 6.04. The molecule has 0 aliphatic carbocycles. The van der Waals surface area contributed by atoms with Gasteiger partial charge in [-0.25, -0.2) is 13.2 Å². The molecule has 0 bridgehead atoms. The van der Waals surface area contributed by atoms with E-state index in [1.165, 1.54) is 12.1 Å². The molecule has 20 heavy (non-hydrogen) atoms. The van der Waals surface area contributed by atoms with Crippen molar-refractivity contribution in [2.75, 3.05) is 0 Å². The normalized spacial score (nSPS) is 10.9. The van der Waals surface area contributed by atoms with Crippen LogP contribution < -0.4 is 0 Å². The highest BCUT2D eigenvalue weighted by atomic mass is 19.1. The van der Waals surface area contributed by atoms with Gasteiger partial charge in [0, 0.05) is 16.5 Å². The van der Waals surface area contributed by atoms with Crippen LogP contribution in [0.1, 0.15) is 10.4 Å². The maximum absolute atomic E-state index is 13.8. The first-order valence-electron chi connectivity index (χ1n) is 5.82. The van der Waals surface area contributed by atoms with E-state index in [2.05, 4.69) is 4.98 Å². The Bertz CT molecular complexity index is 823. The van der Waals surface area contributed by atoms with E-state index in [4.69, 9.17) is 0 Å². The Balaban J connectivity index is 2.39. The van der Waals surface area contributed by atoms with Crippen LogP contribution in [0.2, 0.25) is 0 Å². The molecule has 2 aromatic carbocycles. The molecule has 0 unspecified atom stereocenters. The lowest BCUT2D eigenvalue weighted by Gasteiger charge is -2.02. The smallest absolute Gasteiger partial charge is 0.152 e. The number of rotatable bonds is 2. The number of fused-ring (bicyclic) bond motifs is 1. The molecule has 5 heteroatoms. The SMILES string of the molecule is O=Cc1c(-c2cc(F)ccc2F)[nH]c2c(F)cccc12. The summed E-state index contributed by atoms with van der Waals surface area (Å²) in [7, 11) is 0. The van der Waals surface area contributed by atoms with E-state index in [1.54, 1.807) is 6.07 Å². The Morgan fingerprint density at radius 1 is 1.00 bits per heavy atom. The largest absolute Gasteiger partial charge is 0.351 e. The number of H-pyrrole nitrogens is 1. The zero-order valence-electron chi connectivity index (χ0n) is 10.1. The molecule has 0 aliphatic heterocycles. The van der Waals surface area contributed by atoms with E-state index < -0.39 is 17.5 Å². The molecule has 0 aliphatic rings. The standard InChI is InChI=1S/C15H8F3NO/c16-8-4-5-12(17)10(6-8)14-11(7-20)9-2-1-3-13(18)15(9)19-14/h1-7,19H. The monoisotopic (exact) mass is 275 g/mol. The number of halogens is 3. The molecular formula is C15H8F3NO. The zero-order valence-corrected chi connectivity index (χ0v) is 10.1. The first-order valence-corrected chi connectivity index (χ1v) is 5.82. The number of hydrogen-bond acceptors (Lipinski definition) is 1. The molecule has 3 rings (SSSR count). The molecular weight excluding hydrogens is 267 g/mol. The van der Waals surface area contributed by atoms with Gasteiger partial charge in [-0.2, -0.15) is 0 Å². The van der Waals surface area contributed by atoms with Crippen LogP contribution in [0.4, 0.5) is 13.2 Å². The van der Waals surface area contributed by atoms with E-state index in [-0.39, 0.29) is 22.3 Å². The number of para-hydroxylation sites is 1. The van der Waals surface area contributed by atoms with E-state index in [0.29, 0.717) is 11.7 Å². The van der Waals surface area contributed by atoms with Gasteiger partial charge < -0.3 is 4.98 Å². The zero-order chi connectivity index (χ0) is 14.3. The Morgan fingerprint density at radius 2 is 1.80 bits per heavy atom. The van der Waals surface area contributed by atoms with Crippen LogP contribution in [0.25, 0.3) is 22.2 Å². The molecule has 1 N–H and O–H groups in total. The van der Waals surface area contributed by atoms with Gasteiger partial charge in [0.2, 0.25) is 0 Å². The van der Waals surface area contributed by atoms with Crippen molar-refractivity contribution in [1.29, 1.82) is 0 Å². The highest BCUT2D eigenvalue weighted by Gasteiger charge is 2.17. The number of hydrogen-bond donors (Lipinski definition) is 1. The van der Waals surface area contributed by atoms with Crippen molar-refractivity contribution in [3.63, 3.8) is 0 Å². The second-order valence-electron chi connectivity index (χ2n) is 4.32. The predicted octanol–water partition coefficient (Wildman–Crippen LogP) is 4.06. The first-order chi connectivity index (χ1) is 9.61. The van der Waals surface area contributed by atoms with Gasteiger partial charge in [-0.05, 0) is 24.3 Å². The van der Waals surface area contributed by atoms with Gasteiger partial charge in [-0.3, -0.25) is 4.79 Å². The van der Waals surface area contributed by atoms with E-state index in [9.17, 15) is 18.0 Å². The Labute approximate surface area is 111 Å².